The number of hydrogen-bond acceptors (Lipinski definition) is 0. The summed E-state index contributed by atoms with van der Waals surface area (Å²) in [4.78, 5) is 0. The number of rotatable bonds is 1. The van der Waals surface area contributed by atoms with E-state index in [-0.39, 0.29) is 0 Å². The van der Waals surface area contributed by atoms with E-state index in [1.807, 2.05) is 0 Å². The molecule has 0 aromatic heterocycles. The first kappa shape index (κ1) is 12.0. The molecule has 0 bridgehead atoms. The summed E-state index contributed by atoms with van der Waals surface area (Å²) >= 11 is 9.43. The Kier molecular flexibility index (Phi) is 5.66. The van der Waals surface area contributed by atoms with Crippen LogP contribution in [0.1, 0.15) is 5.56 Å². The number of halogens is 4. The van der Waals surface area contributed by atoms with Crippen LogP contribution in [0.3, 0.4) is 0 Å². The number of hydrogen-bond donors (Lipinski definition) is 0. The summed E-state index contributed by atoms with van der Waals surface area (Å²) in [5, 5.41) is 0. The summed E-state index contributed by atoms with van der Waals surface area (Å²) in [6.45, 7) is 0. The second-order valence-electron chi connectivity index (χ2n) is 2.05. The van der Waals surface area contributed by atoms with Gasteiger partial charge in [0.15, 0.2) is 0 Å². The van der Waals surface area contributed by atoms with E-state index in [0.29, 0.717) is 0 Å². The Balaban J connectivity index is 3.21. The van der Waals surface area contributed by atoms with Crippen molar-refractivity contribution in [3.63, 3.8) is 0 Å². The van der Waals surface area contributed by atoms with Crippen molar-refractivity contribution in [3.8, 4) is 0 Å². The molecule has 0 nitrogen and oxygen atoms in total. The highest BCUT2D eigenvalue weighted by Gasteiger charge is 2.04. The van der Waals surface area contributed by atoms with Gasteiger partial charge in [-0.05, 0) is 96.4 Å². The lowest BCUT2D eigenvalue weighted by atomic mass is 10.2. The third-order valence-electron chi connectivity index (χ3n) is 1.28. The number of benzene rings is 1. The third-order valence-corrected chi connectivity index (χ3v) is 6.48. The highest BCUT2D eigenvalue weighted by molar-refractivity contribution is 14.2. The third kappa shape index (κ3) is 3.23. The summed E-state index contributed by atoms with van der Waals surface area (Å²) in [5.41, 5.74) is 1.33. The van der Waals surface area contributed by atoms with Crippen LogP contribution in [0.25, 0.3) is 3.58 Å². The largest absolute Gasteiger partial charge is 0.0654 e. The van der Waals surface area contributed by atoms with E-state index in [0.717, 1.165) is 0 Å². The monoisotopic (exact) mass is 608 g/mol. The van der Waals surface area contributed by atoms with E-state index in [2.05, 4.69) is 115 Å². The Labute approximate surface area is 127 Å². The maximum atomic E-state index is 2.38. The van der Waals surface area contributed by atoms with Gasteiger partial charge in [-0.25, -0.2) is 0 Å². The quantitative estimate of drug-likeness (QED) is 0.384. The van der Waals surface area contributed by atoms with Gasteiger partial charge < -0.3 is 0 Å². The Morgan fingerprint density at radius 3 is 2.08 bits per heavy atom. The normalized spacial score (nSPS) is 9.67. The van der Waals surface area contributed by atoms with Gasteiger partial charge in [0.25, 0.3) is 0 Å². The molecule has 0 atom stereocenters. The summed E-state index contributed by atoms with van der Waals surface area (Å²) < 4.78 is 3.96. The van der Waals surface area contributed by atoms with Crippen molar-refractivity contribution < 1.29 is 0 Å². The minimum absolute atomic E-state index is 1.31. The topological polar surface area (TPSA) is 0 Å². The van der Waals surface area contributed by atoms with E-state index >= 15 is 0 Å². The van der Waals surface area contributed by atoms with Crippen LogP contribution in [0, 0.1) is 3.57 Å². The Morgan fingerprint density at radius 1 is 1.00 bits per heavy atom. The van der Waals surface area contributed by atoms with E-state index in [4.69, 9.17) is 0 Å². The predicted molar refractivity (Wildman–Crippen MR) is 88.1 cm³/mol. The highest BCUT2D eigenvalue weighted by atomic mass is 127. The fraction of sp³-hybridized carbons (Fsp3) is 0. The lowest BCUT2D eigenvalue weighted by Crippen LogP contribution is -1.81. The first-order chi connectivity index (χ1) is 5.63. The molecule has 0 aliphatic carbocycles. The smallest absolute Gasteiger partial charge is 0.0616 e. The lowest BCUT2D eigenvalue weighted by Gasteiger charge is -2.02. The standard InChI is InChI=1S/C8H4I4/c9-6-4-2-1-3-5(6)7(10)8(11)12/h1-4H. The van der Waals surface area contributed by atoms with Gasteiger partial charge in [-0.2, -0.15) is 0 Å². The molecule has 0 spiro atoms. The van der Waals surface area contributed by atoms with Gasteiger partial charge in [-0.1, -0.05) is 18.2 Å². The minimum atomic E-state index is 1.31. The van der Waals surface area contributed by atoms with Crippen molar-refractivity contribution >= 4 is 93.9 Å². The molecular formula is C8H4I4. The molecule has 1 aromatic carbocycles. The highest BCUT2D eigenvalue weighted by Crippen LogP contribution is 2.35. The van der Waals surface area contributed by atoms with E-state index in [1.54, 1.807) is 0 Å². The minimum Gasteiger partial charge on any atom is -0.0616 e. The molecule has 64 valence electrons. The van der Waals surface area contributed by atoms with Gasteiger partial charge in [0.1, 0.15) is 0 Å². The van der Waals surface area contributed by atoms with Crippen molar-refractivity contribution in [3.05, 3.63) is 35.0 Å². The van der Waals surface area contributed by atoms with Crippen LogP contribution in [-0.4, -0.2) is 0 Å². The summed E-state index contributed by atoms with van der Waals surface area (Å²) in [5.74, 6) is 0. The zero-order chi connectivity index (χ0) is 9.14. The van der Waals surface area contributed by atoms with Crippen LogP contribution < -0.4 is 0 Å². The molecule has 0 saturated heterocycles. The Hall–Kier alpha value is 1.88. The zero-order valence-electron chi connectivity index (χ0n) is 5.82. The fourth-order valence-corrected chi connectivity index (χ4v) is 2.97. The van der Waals surface area contributed by atoms with Gasteiger partial charge >= 0.3 is 0 Å². The van der Waals surface area contributed by atoms with Crippen LogP contribution in [0.5, 0.6) is 0 Å². The summed E-state index contributed by atoms with van der Waals surface area (Å²) in [7, 11) is 0. The van der Waals surface area contributed by atoms with Gasteiger partial charge in [0.2, 0.25) is 0 Å². The molecule has 0 radical (unpaired) electrons. The van der Waals surface area contributed by atoms with E-state index in [1.165, 1.54) is 14.3 Å². The maximum Gasteiger partial charge on any atom is 0.0654 e. The molecule has 0 saturated carbocycles. The van der Waals surface area contributed by atoms with Crippen molar-refractivity contribution in [2.75, 3.05) is 0 Å². The average molecular weight is 608 g/mol. The van der Waals surface area contributed by atoms with Crippen LogP contribution in [-0.2, 0) is 0 Å². The molecule has 12 heavy (non-hydrogen) atoms. The van der Waals surface area contributed by atoms with Crippen molar-refractivity contribution in [1.29, 1.82) is 0 Å². The second-order valence-corrected chi connectivity index (χ2v) is 8.52. The Bertz CT molecular complexity index is 313. The van der Waals surface area contributed by atoms with Crippen LogP contribution in [0.4, 0.5) is 0 Å². The first-order valence-corrected chi connectivity index (χ1v) is 7.40. The fourth-order valence-electron chi connectivity index (χ4n) is 0.741. The molecule has 0 heterocycles. The molecule has 0 aliphatic heterocycles. The van der Waals surface area contributed by atoms with Crippen molar-refractivity contribution in [2.45, 2.75) is 0 Å². The first-order valence-electron chi connectivity index (χ1n) is 3.08. The maximum absolute atomic E-state index is 2.38. The molecule has 0 unspecified atom stereocenters. The predicted octanol–water partition coefficient (Wildman–Crippen LogP) is 5.22. The van der Waals surface area contributed by atoms with Crippen LogP contribution >= 0.6 is 90.4 Å². The Morgan fingerprint density at radius 2 is 1.58 bits per heavy atom. The molecule has 0 aliphatic rings. The van der Waals surface area contributed by atoms with Gasteiger partial charge in [0.05, 0.1) is 1.59 Å². The van der Waals surface area contributed by atoms with Gasteiger partial charge in [-0.3, -0.25) is 0 Å². The molecule has 0 amide bonds. The lowest BCUT2D eigenvalue weighted by molar-refractivity contribution is 1.60. The molecule has 1 aromatic rings. The SMILES string of the molecule is IC(I)=C(I)c1ccccc1I. The van der Waals surface area contributed by atoms with Crippen LogP contribution in [0.2, 0.25) is 0 Å². The molecule has 0 N–H and O–H groups in total. The molecular weight excluding hydrogens is 604 g/mol. The summed E-state index contributed by atoms with van der Waals surface area (Å²) in [6.07, 6.45) is 0. The zero-order valence-corrected chi connectivity index (χ0v) is 14.5. The summed E-state index contributed by atoms with van der Waals surface area (Å²) in [6, 6.07) is 8.42. The van der Waals surface area contributed by atoms with E-state index in [9.17, 15) is 0 Å². The average Bonchev–Trinajstić information content (AvgIpc) is 2.04. The van der Waals surface area contributed by atoms with Crippen molar-refractivity contribution in [2.24, 2.45) is 0 Å². The van der Waals surface area contributed by atoms with Crippen molar-refractivity contribution in [1.82, 2.24) is 0 Å². The molecule has 4 heteroatoms. The van der Waals surface area contributed by atoms with Gasteiger partial charge in [0, 0.05) is 12.7 Å². The molecule has 0 fully saturated rings. The van der Waals surface area contributed by atoms with Crippen LogP contribution in [0.15, 0.2) is 25.9 Å². The second kappa shape index (κ2) is 5.69. The van der Waals surface area contributed by atoms with Gasteiger partial charge in [-0.15, -0.1) is 0 Å². The molecule has 1 rings (SSSR count). The van der Waals surface area contributed by atoms with E-state index < -0.39 is 0 Å².